The third kappa shape index (κ3) is 6.81. The predicted octanol–water partition coefficient (Wildman–Crippen LogP) is 6.66. The molecule has 4 rings (SSSR count). The Kier molecular flexibility index (Phi) is 8.49. The van der Waals surface area contributed by atoms with Crippen LogP contribution in [0.2, 0.25) is 5.02 Å². The van der Waals surface area contributed by atoms with E-state index in [4.69, 9.17) is 21.1 Å². The fraction of sp³-hybridized carbons (Fsp3) is 0.0357. The van der Waals surface area contributed by atoms with E-state index in [1.165, 1.54) is 6.21 Å². The maximum atomic E-state index is 12.8. The van der Waals surface area contributed by atoms with Crippen LogP contribution in [0.25, 0.3) is 0 Å². The van der Waals surface area contributed by atoms with Gasteiger partial charge in [0.15, 0.2) is 0 Å². The lowest BCUT2D eigenvalue weighted by atomic mass is 10.2. The average Bonchev–Trinajstić information content (AvgIpc) is 2.90. The van der Waals surface area contributed by atoms with Gasteiger partial charge in [-0.05, 0) is 60.2 Å². The van der Waals surface area contributed by atoms with E-state index in [1.54, 1.807) is 78.9 Å². The maximum absolute atomic E-state index is 12.8. The van der Waals surface area contributed by atoms with E-state index in [9.17, 15) is 9.59 Å². The molecule has 0 atom stereocenters. The summed E-state index contributed by atoms with van der Waals surface area (Å²) in [5.41, 5.74) is 4.67. The molecule has 0 radical (unpaired) electrons. The van der Waals surface area contributed by atoms with Crippen LogP contribution in [-0.2, 0) is 6.61 Å². The summed E-state index contributed by atoms with van der Waals surface area (Å²) in [6, 6.07) is 27.9. The van der Waals surface area contributed by atoms with Crippen molar-refractivity contribution in [3.63, 3.8) is 0 Å². The molecular formula is C28H20BrClN2O4. The van der Waals surface area contributed by atoms with Crippen molar-refractivity contribution in [1.82, 2.24) is 5.43 Å². The number of nitrogens with one attached hydrogen (secondary N) is 1. The number of para-hydroxylation sites is 1. The van der Waals surface area contributed by atoms with Crippen molar-refractivity contribution in [2.45, 2.75) is 6.61 Å². The molecule has 6 nitrogen and oxygen atoms in total. The number of hydrazone groups is 1. The van der Waals surface area contributed by atoms with Crippen molar-refractivity contribution in [3.8, 4) is 11.5 Å². The van der Waals surface area contributed by atoms with E-state index in [-0.39, 0.29) is 6.61 Å². The summed E-state index contributed by atoms with van der Waals surface area (Å²) >= 11 is 9.33. The van der Waals surface area contributed by atoms with Gasteiger partial charge >= 0.3 is 5.97 Å². The Bertz CT molecular complexity index is 1390. The number of carbonyl (C=O) groups excluding carboxylic acids is 2. The number of halogens is 2. The Balaban J connectivity index is 1.44. The SMILES string of the molecule is O=C(Oc1ccc(Br)cc1C=NNC(=O)c1ccccc1OCc1ccc(Cl)cc1)c1ccccc1. The number of benzene rings is 4. The minimum atomic E-state index is -0.497. The molecule has 1 N–H and O–H groups in total. The molecule has 0 aliphatic heterocycles. The molecule has 0 bridgehead atoms. The molecule has 0 heterocycles. The molecule has 0 saturated carbocycles. The summed E-state index contributed by atoms with van der Waals surface area (Å²) in [4.78, 5) is 25.3. The highest BCUT2D eigenvalue weighted by atomic mass is 79.9. The Hall–Kier alpha value is -3.94. The lowest BCUT2D eigenvalue weighted by Gasteiger charge is -2.11. The lowest BCUT2D eigenvalue weighted by Crippen LogP contribution is -2.19. The molecule has 0 saturated heterocycles. The first-order valence-corrected chi connectivity index (χ1v) is 12.0. The molecule has 4 aromatic carbocycles. The Labute approximate surface area is 221 Å². The topological polar surface area (TPSA) is 77.0 Å². The monoisotopic (exact) mass is 562 g/mol. The highest BCUT2D eigenvalue weighted by Gasteiger charge is 2.13. The van der Waals surface area contributed by atoms with Gasteiger partial charge in [-0.25, -0.2) is 10.2 Å². The van der Waals surface area contributed by atoms with Crippen LogP contribution in [0.5, 0.6) is 11.5 Å². The third-order valence-corrected chi connectivity index (χ3v) is 5.74. The van der Waals surface area contributed by atoms with Crippen LogP contribution in [0.3, 0.4) is 0 Å². The first-order chi connectivity index (χ1) is 17.5. The predicted molar refractivity (Wildman–Crippen MR) is 143 cm³/mol. The molecule has 0 aliphatic rings. The van der Waals surface area contributed by atoms with Crippen LogP contribution >= 0.6 is 27.5 Å². The fourth-order valence-corrected chi connectivity index (χ4v) is 3.69. The zero-order valence-corrected chi connectivity index (χ0v) is 21.2. The van der Waals surface area contributed by atoms with Crippen LogP contribution in [0.1, 0.15) is 31.8 Å². The minimum absolute atomic E-state index is 0.277. The standard InChI is InChI=1S/C28H20BrClN2O4/c29-22-12-15-25(36-28(34)20-6-2-1-3-7-20)21(16-22)17-31-32-27(33)24-8-4-5-9-26(24)35-18-19-10-13-23(30)14-11-19/h1-17H,18H2,(H,32,33). The van der Waals surface area contributed by atoms with Crippen molar-refractivity contribution in [2.75, 3.05) is 0 Å². The number of amides is 1. The number of esters is 1. The van der Waals surface area contributed by atoms with Crippen molar-refractivity contribution < 1.29 is 19.1 Å². The first-order valence-electron chi connectivity index (χ1n) is 10.9. The van der Waals surface area contributed by atoms with Crippen LogP contribution in [-0.4, -0.2) is 18.1 Å². The molecule has 0 spiro atoms. The summed E-state index contributed by atoms with van der Waals surface area (Å²) in [5, 5.41) is 4.70. The first kappa shape index (κ1) is 25.2. The maximum Gasteiger partial charge on any atom is 0.343 e. The zero-order chi connectivity index (χ0) is 25.3. The normalized spacial score (nSPS) is 10.7. The summed E-state index contributed by atoms with van der Waals surface area (Å²) < 4.78 is 12.1. The van der Waals surface area contributed by atoms with Crippen LogP contribution in [0, 0.1) is 0 Å². The van der Waals surface area contributed by atoms with Gasteiger partial charge in [0.1, 0.15) is 18.1 Å². The molecule has 180 valence electrons. The number of ether oxygens (including phenoxy) is 2. The number of nitrogens with zero attached hydrogens (tertiary/aromatic N) is 1. The molecule has 1 amide bonds. The Morgan fingerprint density at radius 2 is 1.61 bits per heavy atom. The van der Waals surface area contributed by atoms with Gasteiger partial charge in [0.25, 0.3) is 5.91 Å². The largest absolute Gasteiger partial charge is 0.488 e. The minimum Gasteiger partial charge on any atom is -0.488 e. The van der Waals surface area contributed by atoms with Crippen LogP contribution in [0.15, 0.2) is 107 Å². The number of carbonyl (C=O) groups is 2. The van der Waals surface area contributed by atoms with Gasteiger partial charge in [0.2, 0.25) is 0 Å². The highest BCUT2D eigenvalue weighted by molar-refractivity contribution is 9.10. The quantitative estimate of drug-likeness (QED) is 0.112. The number of hydrogen-bond donors (Lipinski definition) is 1. The summed E-state index contributed by atoms with van der Waals surface area (Å²) in [7, 11) is 0. The second kappa shape index (κ2) is 12.2. The Morgan fingerprint density at radius 3 is 2.39 bits per heavy atom. The van der Waals surface area contributed by atoms with Gasteiger partial charge < -0.3 is 9.47 Å². The molecule has 0 unspecified atom stereocenters. The van der Waals surface area contributed by atoms with Gasteiger partial charge in [-0.1, -0.05) is 70.0 Å². The zero-order valence-electron chi connectivity index (χ0n) is 18.9. The van der Waals surface area contributed by atoms with Crippen molar-refractivity contribution in [3.05, 3.63) is 129 Å². The highest BCUT2D eigenvalue weighted by Crippen LogP contribution is 2.23. The molecule has 4 aromatic rings. The molecule has 36 heavy (non-hydrogen) atoms. The van der Waals surface area contributed by atoms with Crippen molar-refractivity contribution in [2.24, 2.45) is 5.10 Å². The van der Waals surface area contributed by atoms with Gasteiger partial charge in [-0.15, -0.1) is 0 Å². The second-order valence-corrected chi connectivity index (χ2v) is 8.90. The van der Waals surface area contributed by atoms with E-state index in [1.807, 2.05) is 18.2 Å². The van der Waals surface area contributed by atoms with E-state index in [2.05, 4.69) is 26.5 Å². The molecule has 8 heteroatoms. The van der Waals surface area contributed by atoms with Gasteiger partial charge in [-0.2, -0.15) is 5.10 Å². The van der Waals surface area contributed by atoms with E-state index in [0.29, 0.717) is 33.2 Å². The lowest BCUT2D eigenvalue weighted by molar-refractivity contribution is 0.0734. The van der Waals surface area contributed by atoms with E-state index >= 15 is 0 Å². The van der Waals surface area contributed by atoms with Crippen LogP contribution in [0.4, 0.5) is 0 Å². The number of hydrogen-bond acceptors (Lipinski definition) is 5. The Morgan fingerprint density at radius 1 is 0.889 bits per heavy atom. The van der Waals surface area contributed by atoms with E-state index in [0.717, 1.165) is 10.0 Å². The summed E-state index contributed by atoms with van der Waals surface area (Å²) in [5.74, 6) is -0.226. The van der Waals surface area contributed by atoms with Gasteiger partial charge in [0.05, 0.1) is 17.3 Å². The number of rotatable bonds is 8. The molecule has 0 aliphatic carbocycles. The van der Waals surface area contributed by atoms with Gasteiger partial charge in [-0.3, -0.25) is 4.79 Å². The summed E-state index contributed by atoms with van der Waals surface area (Å²) in [6.45, 7) is 0.277. The third-order valence-electron chi connectivity index (χ3n) is 4.99. The second-order valence-electron chi connectivity index (χ2n) is 7.55. The summed E-state index contributed by atoms with van der Waals surface area (Å²) in [6.07, 6.45) is 1.41. The smallest absolute Gasteiger partial charge is 0.343 e. The molecule has 0 fully saturated rings. The fourth-order valence-electron chi connectivity index (χ4n) is 3.19. The average molecular weight is 564 g/mol. The van der Waals surface area contributed by atoms with E-state index < -0.39 is 11.9 Å². The van der Waals surface area contributed by atoms with Crippen LogP contribution < -0.4 is 14.9 Å². The molecular weight excluding hydrogens is 544 g/mol. The van der Waals surface area contributed by atoms with Gasteiger partial charge in [0, 0.05) is 15.1 Å². The molecule has 0 aromatic heterocycles. The van der Waals surface area contributed by atoms with Crippen molar-refractivity contribution >= 4 is 45.6 Å². The van der Waals surface area contributed by atoms with Crippen molar-refractivity contribution in [1.29, 1.82) is 0 Å².